The van der Waals surface area contributed by atoms with Crippen molar-refractivity contribution in [3.8, 4) is 11.3 Å². The molecule has 3 aromatic heterocycles. The molecule has 1 amide bonds. The van der Waals surface area contributed by atoms with E-state index in [0.29, 0.717) is 0 Å². The van der Waals surface area contributed by atoms with Gasteiger partial charge < -0.3 is 20.9 Å². The molecule has 0 bridgehead atoms. The zero-order chi connectivity index (χ0) is 16.5. The van der Waals surface area contributed by atoms with Gasteiger partial charge in [0.15, 0.2) is 0 Å². The summed E-state index contributed by atoms with van der Waals surface area (Å²) in [5.74, 6) is 0.240. The van der Waals surface area contributed by atoms with Crippen LogP contribution in [0.1, 0.15) is 6.42 Å². The number of fused-ring (bicyclic) bond motifs is 1. The van der Waals surface area contributed by atoms with Crippen molar-refractivity contribution in [2.24, 2.45) is 0 Å². The fourth-order valence-corrected chi connectivity index (χ4v) is 3.24. The molecule has 3 aromatic rings. The number of carbonyl (C=O) groups excluding carboxylic acids is 1. The highest BCUT2D eigenvalue weighted by molar-refractivity contribution is 6.02. The average molecular weight is 323 g/mol. The molecule has 0 aliphatic carbocycles. The quantitative estimate of drug-likeness (QED) is 0.616. The van der Waals surface area contributed by atoms with Crippen LogP contribution in [0.2, 0.25) is 0 Å². The summed E-state index contributed by atoms with van der Waals surface area (Å²) in [5, 5.41) is 3.86. The highest BCUT2D eigenvalue weighted by Gasteiger charge is 2.25. The smallest absolute Gasteiger partial charge is 0.220 e. The van der Waals surface area contributed by atoms with Crippen molar-refractivity contribution in [2.45, 2.75) is 12.5 Å². The lowest BCUT2D eigenvalue weighted by atomic mass is 10.1. The lowest BCUT2D eigenvalue weighted by molar-refractivity contribution is -0.110. The Morgan fingerprint density at radius 3 is 3.04 bits per heavy atom. The van der Waals surface area contributed by atoms with Gasteiger partial charge in [0.05, 0.1) is 16.8 Å². The third-order valence-electron chi connectivity index (χ3n) is 4.33. The van der Waals surface area contributed by atoms with Crippen molar-refractivity contribution in [1.29, 1.82) is 0 Å². The number of hydrogen-bond acceptors (Lipinski definition) is 6. The fourth-order valence-electron chi connectivity index (χ4n) is 3.24. The Morgan fingerprint density at radius 2 is 2.21 bits per heavy atom. The van der Waals surface area contributed by atoms with Crippen molar-refractivity contribution >= 4 is 29.1 Å². The number of anilines is 2. The summed E-state index contributed by atoms with van der Waals surface area (Å²) in [6.45, 7) is 1.65. The molecule has 1 fully saturated rings. The minimum absolute atomic E-state index is 0.169. The normalized spacial score (nSPS) is 17.3. The van der Waals surface area contributed by atoms with Gasteiger partial charge in [0.2, 0.25) is 12.4 Å². The van der Waals surface area contributed by atoms with Crippen molar-refractivity contribution in [1.82, 2.24) is 25.3 Å². The molecule has 1 unspecified atom stereocenters. The van der Waals surface area contributed by atoms with Crippen molar-refractivity contribution < 1.29 is 4.79 Å². The minimum Gasteiger partial charge on any atom is -0.369 e. The number of nitrogens with one attached hydrogen (secondary N) is 2. The third kappa shape index (κ3) is 2.41. The number of aromatic amines is 1. The summed E-state index contributed by atoms with van der Waals surface area (Å²) >= 11 is 0. The summed E-state index contributed by atoms with van der Waals surface area (Å²) in [6, 6.07) is 3.99. The Morgan fingerprint density at radius 1 is 1.33 bits per heavy atom. The van der Waals surface area contributed by atoms with E-state index in [4.69, 9.17) is 5.73 Å². The molecule has 4 N–H and O–H groups in total. The number of pyridine rings is 1. The molecule has 0 radical (unpaired) electrons. The molecule has 0 aromatic carbocycles. The second-order valence-corrected chi connectivity index (χ2v) is 5.77. The number of nitrogens with zero attached hydrogens (tertiary/aromatic N) is 4. The second-order valence-electron chi connectivity index (χ2n) is 5.77. The first kappa shape index (κ1) is 14.4. The van der Waals surface area contributed by atoms with E-state index < -0.39 is 0 Å². The molecular formula is C16H17N7O. The van der Waals surface area contributed by atoms with Gasteiger partial charge in [-0.2, -0.15) is 0 Å². The summed E-state index contributed by atoms with van der Waals surface area (Å²) in [7, 11) is 0. The highest BCUT2D eigenvalue weighted by Crippen LogP contribution is 2.35. The Labute approximate surface area is 138 Å². The van der Waals surface area contributed by atoms with Crippen LogP contribution in [0.15, 0.2) is 30.7 Å². The number of hydrogen-bond donors (Lipinski definition) is 3. The summed E-state index contributed by atoms with van der Waals surface area (Å²) in [4.78, 5) is 28.8. The lowest BCUT2D eigenvalue weighted by Gasteiger charge is -2.20. The molecule has 24 heavy (non-hydrogen) atoms. The number of H-pyrrole nitrogens is 1. The molecule has 4 heterocycles. The SMILES string of the molecule is Nc1nccc(-c2c[nH]c3nccc(N4CCC(NC=O)C4)c23)n1. The molecule has 8 nitrogen and oxygen atoms in total. The van der Waals surface area contributed by atoms with Gasteiger partial charge in [-0.05, 0) is 18.6 Å². The molecule has 1 aliphatic rings. The lowest BCUT2D eigenvalue weighted by Crippen LogP contribution is -2.31. The number of amides is 1. The number of carbonyl (C=O) groups is 1. The van der Waals surface area contributed by atoms with Crippen LogP contribution >= 0.6 is 0 Å². The van der Waals surface area contributed by atoms with Crippen molar-refractivity contribution in [2.75, 3.05) is 23.7 Å². The van der Waals surface area contributed by atoms with E-state index in [0.717, 1.165) is 53.9 Å². The maximum absolute atomic E-state index is 10.7. The van der Waals surface area contributed by atoms with E-state index >= 15 is 0 Å². The summed E-state index contributed by atoms with van der Waals surface area (Å²) < 4.78 is 0. The van der Waals surface area contributed by atoms with E-state index in [-0.39, 0.29) is 12.0 Å². The van der Waals surface area contributed by atoms with E-state index in [1.807, 2.05) is 18.3 Å². The largest absolute Gasteiger partial charge is 0.369 e. The van der Waals surface area contributed by atoms with Gasteiger partial charge in [0.1, 0.15) is 5.65 Å². The predicted molar refractivity (Wildman–Crippen MR) is 91.3 cm³/mol. The third-order valence-corrected chi connectivity index (χ3v) is 4.33. The maximum atomic E-state index is 10.7. The van der Waals surface area contributed by atoms with Crippen LogP contribution in [-0.2, 0) is 4.79 Å². The van der Waals surface area contributed by atoms with E-state index in [9.17, 15) is 4.79 Å². The Kier molecular flexibility index (Phi) is 3.49. The van der Waals surface area contributed by atoms with Gasteiger partial charge in [0.25, 0.3) is 0 Å². The van der Waals surface area contributed by atoms with Crippen LogP contribution in [-0.4, -0.2) is 45.5 Å². The minimum atomic E-state index is 0.169. The molecule has 1 atom stereocenters. The van der Waals surface area contributed by atoms with Crippen LogP contribution in [0.25, 0.3) is 22.3 Å². The van der Waals surface area contributed by atoms with Gasteiger partial charge in [-0.25, -0.2) is 15.0 Å². The van der Waals surface area contributed by atoms with Crippen LogP contribution in [0.4, 0.5) is 11.6 Å². The number of nitrogen functional groups attached to an aromatic ring is 1. The molecule has 122 valence electrons. The first-order valence-corrected chi connectivity index (χ1v) is 7.76. The van der Waals surface area contributed by atoms with Gasteiger partial charge in [0, 0.05) is 43.3 Å². The summed E-state index contributed by atoms with van der Waals surface area (Å²) in [6.07, 6.45) is 7.00. The molecular weight excluding hydrogens is 306 g/mol. The average Bonchev–Trinajstić information content (AvgIpc) is 3.22. The zero-order valence-corrected chi connectivity index (χ0v) is 12.9. The number of aromatic nitrogens is 4. The van der Waals surface area contributed by atoms with Gasteiger partial charge in [-0.15, -0.1) is 0 Å². The molecule has 0 spiro atoms. The first-order valence-electron chi connectivity index (χ1n) is 7.76. The van der Waals surface area contributed by atoms with Crippen LogP contribution in [0.3, 0.4) is 0 Å². The van der Waals surface area contributed by atoms with E-state index in [1.165, 1.54) is 0 Å². The first-order chi connectivity index (χ1) is 11.8. The molecule has 1 aliphatic heterocycles. The molecule has 8 heteroatoms. The monoisotopic (exact) mass is 323 g/mol. The van der Waals surface area contributed by atoms with Crippen molar-refractivity contribution in [3.63, 3.8) is 0 Å². The van der Waals surface area contributed by atoms with Gasteiger partial charge >= 0.3 is 0 Å². The predicted octanol–water partition coefficient (Wildman–Crippen LogP) is 0.927. The van der Waals surface area contributed by atoms with Crippen LogP contribution in [0.5, 0.6) is 0 Å². The van der Waals surface area contributed by atoms with Crippen LogP contribution in [0, 0.1) is 0 Å². The number of rotatable bonds is 4. The Balaban J connectivity index is 1.79. The number of nitrogens with two attached hydrogens (primary N) is 1. The van der Waals surface area contributed by atoms with Gasteiger partial charge in [-0.1, -0.05) is 0 Å². The Bertz CT molecular complexity index is 891. The zero-order valence-electron chi connectivity index (χ0n) is 12.9. The second kappa shape index (κ2) is 5.80. The van der Waals surface area contributed by atoms with E-state index in [1.54, 1.807) is 12.4 Å². The van der Waals surface area contributed by atoms with E-state index in [2.05, 4.69) is 30.2 Å². The molecule has 1 saturated heterocycles. The van der Waals surface area contributed by atoms with Gasteiger partial charge in [-0.3, -0.25) is 4.79 Å². The fraction of sp³-hybridized carbons (Fsp3) is 0.250. The molecule has 4 rings (SSSR count). The molecule has 0 saturated carbocycles. The standard InChI is InChI=1S/C16H17N7O/c17-16-19-4-1-12(22-16)11-7-20-15-14(11)13(2-5-18-15)23-6-3-10(8-23)21-9-24/h1-2,4-5,7,9-10H,3,6,8H2,(H,18,20)(H,21,24)(H2,17,19,22). The van der Waals surface area contributed by atoms with Crippen LogP contribution < -0.4 is 16.0 Å². The highest BCUT2D eigenvalue weighted by atomic mass is 16.1. The Hall–Kier alpha value is -3.16. The summed E-state index contributed by atoms with van der Waals surface area (Å²) in [5.41, 5.74) is 9.28. The van der Waals surface area contributed by atoms with Crippen molar-refractivity contribution in [3.05, 3.63) is 30.7 Å². The maximum Gasteiger partial charge on any atom is 0.220 e. The topological polar surface area (TPSA) is 113 Å².